The molecule has 0 atom stereocenters. The largest absolute Gasteiger partial charge is 0.496 e. The fourth-order valence-corrected chi connectivity index (χ4v) is 3.23. The summed E-state index contributed by atoms with van der Waals surface area (Å²) in [5.74, 6) is 0.221. The monoisotopic (exact) mass is 386 g/mol. The molecule has 9 nitrogen and oxygen atoms in total. The maximum Gasteiger partial charge on any atom is 0.317 e. The molecule has 0 fully saturated rings. The van der Waals surface area contributed by atoms with Crippen molar-refractivity contribution in [2.24, 2.45) is 7.05 Å². The quantitative estimate of drug-likeness (QED) is 0.633. The molecule has 2 N–H and O–H groups in total. The molecule has 0 spiro atoms. The first-order valence-electron chi connectivity index (χ1n) is 8.54. The number of nitrogens with one attached hydrogen (secondary N) is 1. The van der Waals surface area contributed by atoms with Crippen molar-refractivity contribution >= 4 is 16.9 Å². The molecular weight excluding hydrogens is 364 g/mol. The van der Waals surface area contributed by atoms with Crippen LogP contribution in [0, 0.1) is 0 Å². The number of aryl methyl sites for hydroxylation is 1. The number of hydrogen-bond acceptors (Lipinski definition) is 6. The second-order valence-electron chi connectivity index (χ2n) is 6.54. The predicted octanol–water partition coefficient (Wildman–Crippen LogP) is 1.46. The number of hydrogen-bond donors (Lipinski definition) is 2. The molecule has 0 unspecified atom stereocenters. The van der Waals surface area contributed by atoms with E-state index in [0.29, 0.717) is 28.9 Å². The Labute approximate surface area is 161 Å². The van der Waals surface area contributed by atoms with E-state index in [-0.39, 0.29) is 12.1 Å². The second-order valence-corrected chi connectivity index (χ2v) is 6.54. The van der Waals surface area contributed by atoms with E-state index in [2.05, 4.69) is 10.2 Å². The van der Waals surface area contributed by atoms with Crippen LogP contribution in [0.4, 0.5) is 0 Å². The Bertz CT molecular complexity index is 1060. The van der Waals surface area contributed by atoms with Gasteiger partial charge in [0, 0.05) is 30.7 Å². The normalized spacial score (nSPS) is 11.2. The zero-order valence-electron chi connectivity index (χ0n) is 16.1. The summed E-state index contributed by atoms with van der Waals surface area (Å²) in [6.45, 7) is 0.234. The van der Waals surface area contributed by atoms with E-state index >= 15 is 0 Å². The third kappa shape index (κ3) is 3.56. The average molecular weight is 386 g/mol. The van der Waals surface area contributed by atoms with Crippen LogP contribution in [-0.2, 0) is 18.4 Å². The molecule has 3 rings (SSSR count). The molecule has 0 bridgehead atoms. The number of rotatable bonds is 7. The number of aromatic amines is 1. The molecule has 0 radical (unpaired) electrons. The Hall–Kier alpha value is -3.33. The summed E-state index contributed by atoms with van der Waals surface area (Å²) in [7, 11) is 6.49. The minimum atomic E-state index is -0.912. The molecule has 28 heavy (non-hydrogen) atoms. The Morgan fingerprint density at radius 3 is 2.50 bits per heavy atom. The summed E-state index contributed by atoms with van der Waals surface area (Å²) < 4.78 is 12.6. The standard InChI is InChI=1S/C19H22N4O5/c1-22(10-17(24)25)8-14-15(27-3)5-11(6-16(14)28-4)13-9-23(2)19(26)18-12(13)7-20-21-18/h5-7,9H,8,10H2,1-4H3,(H,20,21)(H,24,25). The highest BCUT2D eigenvalue weighted by Gasteiger charge is 2.18. The summed E-state index contributed by atoms with van der Waals surface area (Å²) in [5, 5.41) is 16.4. The number of H-pyrrole nitrogens is 1. The van der Waals surface area contributed by atoms with Crippen molar-refractivity contribution in [1.29, 1.82) is 0 Å². The lowest BCUT2D eigenvalue weighted by molar-refractivity contribution is -0.138. The van der Waals surface area contributed by atoms with Crippen LogP contribution in [0.3, 0.4) is 0 Å². The van der Waals surface area contributed by atoms with E-state index in [4.69, 9.17) is 14.6 Å². The maximum absolute atomic E-state index is 12.3. The number of nitrogens with zero attached hydrogens (tertiary/aromatic N) is 3. The SMILES string of the molecule is COc1cc(-c2cn(C)c(=O)c3[nH]ncc23)cc(OC)c1CN(C)CC(=O)O. The van der Waals surface area contributed by atoms with Gasteiger partial charge in [0.1, 0.15) is 17.0 Å². The molecule has 2 aromatic heterocycles. The van der Waals surface area contributed by atoms with Crippen LogP contribution in [0.15, 0.2) is 29.3 Å². The lowest BCUT2D eigenvalue weighted by Gasteiger charge is -2.20. The van der Waals surface area contributed by atoms with Crippen LogP contribution in [0.2, 0.25) is 0 Å². The number of aliphatic carboxylic acids is 1. The van der Waals surface area contributed by atoms with Crippen LogP contribution < -0.4 is 15.0 Å². The van der Waals surface area contributed by atoms with Crippen LogP contribution in [0.25, 0.3) is 22.0 Å². The lowest BCUT2D eigenvalue weighted by Crippen LogP contribution is -2.25. The van der Waals surface area contributed by atoms with Crippen LogP contribution >= 0.6 is 0 Å². The van der Waals surface area contributed by atoms with Crippen molar-refractivity contribution in [2.75, 3.05) is 27.8 Å². The number of pyridine rings is 1. The zero-order valence-corrected chi connectivity index (χ0v) is 16.1. The van der Waals surface area contributed by atoms with Crippen LogP contribution in [0.5, 0.6) is 11.5 Å². The Balaban J connectivity index is 2.15. The number of likely N-dealkylation sites (N-methyl/N-ethyl adjacent to an activating group) is 1. The Morgan fingerprint density at radius 2 is 1.93 bits per heavy atom. The number of aromatic nitrogens is 3. The van der Waals surface area contributed by atoms with Crippen LogP contribution in [0.1, 0.15) is 5.56 Å². The molecule has 148 valence electrons. The molecule has 3 aromatic rings. The van der Waals surface area contributed by atoms with E-state index in [0.717, 1.165) is 16.7 Å². The first-order valence-corrected chi connectivity index (χ1v) is 8.54. The number of carbonyl (C=O) groups is 1. The molecule has 9 heteroatoms. The number of benzene rings is 1. The van der Waals surface area contributed by atoms with Crippen molar-refractivity contribution in [3.8, 4) is 22.6 Å². The molecule has 0 aliphatic heterocycles. The van der Waals surface area contributed by atoms with Gasteiger partial charge in [0.2, 0.25) is 0 Å². The van der Waals surface area contributed by atoms with E-state index < -0.39 is 5.97 Å². The first-order chi connectivity index (χ1) is 13.3. The summed E-state index contributed by atoms with van der Waals surface area (Å²) in [6.07, 6.45) is 3.35. The van der Waals surface area contributed by atoms with E-state index in [1.54, 1.807) is 45.6 Å². The lowest BCUT2D eigenvalue weighted by atomic mass is 10.0. The smallest absolute Gasteiger partial charge is 0.317 e. The van der Waals surface area contributed by atoms with Gasteiger partial charge in [0.05, 0.1) is 32.5 Å². The van der Waals surface area contributed by atoms with Crippen molar-refractivity contribution in [1.82, 2.24) is 19.7 Å². The number of carboxylic acid groups (broad SMARTS) is 1. The van der Waals surface area contributed by atoms with Gasteiger partial charge in [-0.3, -0.25) is 19.6 Å². The minimum absolute atomic E-state index is 0.107. The van der Waals surface area contributed by atoms with Gasteiger partial charge in [-0.25, -0.2) is 0 Å². The van der Waals surface area contributed by atoms with E-state index in [1.807, 2.05) is 12.1 Å². The summed E-state index contributed by atoms with van der Waals surface area (Å²) in [4.78, 5) is 24.9. The number of ether oxygens (including phenoxy) is 2. The molecule has 0 saturated carbocycles. The van der Waals surface area contributed by atoms with Gasteiger partial charge in [0.25, 0.3) is 5.56 Å². The maximum atomic E-state index is 12.3. The molecule has 0 aliphatic rings. The van der Waals surface area contributed by atoms with Crippen LogP contribution in [-0.4, -0.2) is 58.6 Å². The number of methoxy groups -OCH3 is 2. The summed E-state index contributed by atoms with van der Waals surface area (Å²) in [6, 6.07) is 3.69. The molecule has 1 aromatic carbocycles. The Morgan fingerprint density at radius 1 is 1.29 bits per heavy atom. The summed E-state index contributed by atoms with van der Waals surface area (Å²) in [5.41, 5.74) is 2.59. The zero-order chi connectivity index (χ0) is 20.4. The third-order valence-corrected chi connectivity index (χ3v) is 4.54. The van der Waals surface area contributed by atoms with Gasteiger partial charge < -0.3 is 19.1 Å². The molecule has 0 amide bonds. The van der Waals surface area contributed by atoms with Gasteiger partial charge in [-0.2, -0.15) is 5.10 Å². The van der Waals surface area contributed by atoms with Gasteiger partial charge in [-0.05, 0) is 24.7 Å². The van der Waals surface area contributed by atoms with E-state index in [9.17, 15) is 9.59 Å². The van der Waals surface area contributed by atoms with Crippen molar-refractivity contribution in [3.63, 3.8) is 0 Å². The van der Waals surface area contributed by atoms with Gasteiger partial charge in [-0.15, -0.1) is 0 Å². The minimum Gasteiger partial charge on any atom is -0.496 e. The van der Waals surface area contributed by atoms with Crippen molar-refractivity contribution < 1.29 is 19.4 Å². The number of fused-ring (bicyclic) bond motifs is 1. The molecular formula is C19H22N4O5. The fourth-order valence-electron chi connectivity index (χ4n) is 3.23. The first kappa shape index (κ1) is 19.4. The average Bonchev–Trinajstić information content (AvgIpc) is 3.14. The fraction of sp³-hybridized carbons (Fsp3) is 0.316. The van der Waals surface area contributed by atoms with E-state index in [1.165, 1.54) is 4.57 Å². The predicted molar refractivity (Wildman–Crippen MR) is 104 cm³/mol. The highest BCUT2D eigenvalue weighted by molar-refractivity contribution is 5.94. The van der Waals surface area contributed by atoms with Gasteiger partial charge in [-0.1, -0.05) is 0 Å². The molecule has 0 aliphatic carbocycles. The Kier molecular flexibility index (Phi) is 5.36. The molecule has 2 heterocycles. The molecule has 0 saturated heterocycles. The van der Waals surface area contributed by atoms with Gasteiger partial charge in [0.15, 0.2) is 0 Å². The summed E-state index contributed by atoms with van der Waals surface area (Å²) >= 11 is 0. The highest BCUT2D eigenvalue weighted by Crippen LogP contribution is 2.37. The topological polar surface area (TPSA) is 110 Å². The highest BCUT2D eigenvalue weighted by atomic mass is 16.5. The third-order valence-electron chi connectivity index (χ3n) is 4.54. The van der Waals surface area contributed by atoms with Gasteiger partial charge >= 0.3 is 5.97 Å². The second kappa shape index (κ2) is 7.73. The van der Waals surface area contributed by atoms with Crippen molar-refractivity contribution in [2.45, 2.75) is 6.54 Å². The van der Waals surface area contributed by atoms with Crippen molar-refractivity contribution in [3.05, 3.63) is 40.4 Å². The number of carboxylic acids is 1.